The molecule has 2 aromatic rings. The molecular formula is C23H28FN3O5. The van der Waals surface area contributed by atoms with Gasteiger partial charge in [-0.1, -0.05) is 0 Å². The summed E-state index contributed by atoms with van der Waals surface area (Å²) in [5.74, 6) is 0.794. The Morgan fingerprint density at radius 1 is 0.969 bits per heavy atom. The smallest absolute Gasteiger partial charge is 0.321 e. The molecule has 1 fully saturated rings. The van der Waals surface area contributed by atoms with E-state index in [1.807, 2.05) is 0 Å². The van der Waals surface area contributed by atoms with E-state index < -0.39 is 0 Å². The number of halogens is 1. The quantitative estimate of drug-likeness (QED) is 0.681. The molecule has 0 radical (unpaired) electrons. The number of ether oxygens (including phenoxy) is 3. The van der Waals surface area contributed by atoms with Crippen molar-refractivity contribution < 1.29 is 28.2 Å². The Labute approximate surface area is 186 Å². The average molecular weight is 445 g/mol. The Morgan fingerprint density at radius 3 is 2.22 bits per heavy atom. The van der Waals surface area contributed by atoms with Gasteiger partial charge in [0, 0.05) is 25.3 Å². The molecule has 3 amide bonds. The Hall–Kier alpha value is -3.49. The van der Waals surface area contributed by atoms with E-state index in [9.17, 15) is 14.0 Å². The van der Waals surface area contributed by atoms with Crippen LogP contribution in [0, 0.1) is 11.7 Å². The maximum Gasteiger partial charge on any atom is 0.321 e. The monoisotopic (exact) mass is 445 g/mol. The number of piperidine rings is 1. The number of carbonyl (C=O) groups is 2. The number of hydrogen-bond donors (Lipinski definition) is 2. The van der Waals surface area contributed by atoms with E-state index in [2.05, 4.69) is 10.6 Å². The van der Waals surface area contributed by atoms with Crippen molar-refractivity contribution in [2.45, 2.75) is 12.8 Å². The minimum Gasteiger partial charge on any atom is -0.493 e. The molecule has 1 saturated heterocycles. The van der Waals surface area contributed by atoms with Crippen molar-refractivity contribution in [1.29, 1.82) is 0 Å². The first kappa shape index (κ1) is 23.2. The summed E-state index contributed by atoms with van der Waals surface area (Å²) in [6.07, 6.45) is 1.53. The van der Waals surface area contributed by atoms with Crippen LogP contribution in [0.4, 0.5) is 14.9 Å². The largest absolute Gasteiger partial charge is 0.493 e. The molecule has 3 rings (SSSR count). The Balaban J connectivity index is 1.51. The maximum absolute atomic E-state index is 13.0. The SMILES string of the molecule is COc1ccc(C(=O)NCC2CCN(C(=O)Nc3ccc(F)cc3)CC2)c(OC)c1OC. The lowest BCUT2D eigenvalue weighted by molar-refractivity contribution is 0.0935. The predicted octanol–water partition coefficient (Wildman–Crippen LogP) is 3.53. The van der Waals surface area contributed by atoms with Gasteiger partial charge >= 0.3 is 6.03 Å². The molecule has 1 aliphatic heterocycles. The molecule has 2 aromatic carbocycles. The third kappa shape index (κ3) is 5.40. The van der Waals surface area contributed by atoms with Crippen molar-refractivity contribution in [3.8, 4) is 17.2 Å². The molecule has 0 spiro atoms. The van der Waals surface area contributed by atoms with E-state index in [0.29, 0.717) is 48.1 Å². The zero-order chi connectivity index (χ0) is 23.1. The first-order valence-corrected chi connectivity index (χ1v) is 10.4. The third-order valence-electron chi connectivity index (χ3n) is 5.50. The van der Waals surface area contributed by atoms with Gasteiger partial charge in [0.05, 0.1) is 26.9 Å². The zero-order valence-corrected chi connectivity index (χ0v) is 18.4. The molecule has 172 valence electrons. The Kier molecular flexibility index (Phi) is 7.75. The number of nitrogens with one attached hydrogen (secondary N) is 2. The second-order valence-electron chi connectivity index (χ2n) is 7.46. The van der Waals surface area contributed by atoms with Crippen LogP contribution in [0.2, 0.25) is 0 Å². The predicted molar refractivity (Wildman–Crippen MR) is 118 cm³/mol. The number of benzene rings is 2. The number of urea groups is 1. The van der Waals surface area contributed by atoms with Crippen LogP contribution in [0.1, 0.15) is 23.2 Å². The number of anilines is 1. The second-order valence-corrected chi connectivity index (χ2v) is 7.46. The van der Waals surface area contributed by atoms with E-state index in [-0.39, 0.29) is 23.7 Å². The van der Waals surface area contributed by atoms with Crippen LogP contribution in [-0.4, -0.2) is 57.8 Å². The summed E-state index contributed by atoms with van der Waals surface area (Å²) >= 11 is 0. The molecule has 0 saturated carbocycles. The molecule has 8 nitrogen and oxygen atoms in total. The van der Waals surface area contributed by atoms with Crippen LogP contribution >= 0.6 is 0 Å². The summed E-state index contributed by atoms with van der Waals surface area (Å²) in [7, 11) is 4.48. The average Bonchev–Trinajstić information content (AvgIpc) is 2.83. The first-order valence-electron chi connectivity index (χ1n) is 10.4. The van der Waals surface area contributed by atoms with Crippen molar-refractivity contribution in [3.63, 3.8) is 0 Å². The van der Waals surface area contributed by atoms with Gasteiger partial charge in [-0.3, -0.25) is 4.79 Å². The van der Waals surface area contributed by atoms with Crippen LogP contribution in [0.3, 0.4) is 0 Å². The summed E-state index contributed by atoms with van der Waals surface area (Å²) in [5, 5.41) is 5.72. The van der Waals surface area contributed by atoms with Crippen LogP contribution in [0.5, 0.6) is 17.2 Å². The molecular weight excluding hydrogens is 417 g/mol. The number of rotatable bonds is 7. The highest BCUT2D eigenvalue weighted by Gasteiger charge is 2.25. The molecule has 1 heterocycles. The van der Waals surface area contributed by atoms with Crippen LogP contribution < -0.4 is 24.8 Å². The van der Waals surface area contributed by atoms with Crippen LogP contribution in [0.15, 0.2) is 36.4 Å². The van der Waals surface area contributed by atoms with Crippen molar-refractivity contribution >= 4 is 17.6 Å². The molecule has 9 heteroatoms. The summed E-state index contributed by atoms with van der Waals surface area (Å²) in [5.41, 5.74) is 0.913. The molecule has 0 aliphatic carbocycles. The number of likely N-dealkylation sites (tertiary alicyclic amines) is 1. The highest BCUT2D eigenvalue weighted by molar-refractivity contribution is 5.98. The van der Waals surface area contributed by atoms with E-state index >= 15 is 0 Å². The highest BCUT2D eigenvalue weighted by atomic mass is 19.1. The lowest BCUT2D eigenvalue weighted by Gasteiger charge is -2.32. The third-order valence-corrected chi connectivity index (χ3v) is 5.50. The Bertz CT molecular complexity index is 943. The second kappa shape index (κ2) is 10.7. The normalized spacial score (nSPS) is 13.9. The van der Waals surface area contributed by atoms with E-state index in [1.165, 1.54) is 45.6 Å². The fourth-order valence-corrected chi connectivity index (χ4v) is 3.69. The highest BCUT2D eigenvalue weighted by Crippen LogP contribution is 2.39. The fraction of sp³-hybridized carbons (Fsp3) is 0.391. The van der Waals surface area contributed by atoms with Crippen LogP contribution in [0.25, 0.3) is 0 Å². The van der Waals surface area contributed by atoms with Crippen molar-refractivity contribution in [2.75, 3.05) is 46.3 Å². The Morgan fingerprint density at radius 2 is 1.62 bits per heavy atom. The van der Waals surface area contributed by atoms with Gasteiger partial charge in [-0.05, 0) is 55.2 Å². The molecule has 0 atom stereocenters. The van der Waals surface area contributed by atoms with Gasteiger partial charge in [0.15, 0.2) is 11.5 Å². The molecule has 0 bridgehead atoms. The van der Waals surface area contributed by atoms with E-state index in [1.54, 1.807) is 17.0 Å². The van der Waals surface area contributed by atoms with Crippen LogP contribution in [-0.2, 0) is 0 Å². The summed E-state index contributed by atoms with van der Waals surface area (Å²) < 4.78 is 29.0. The van der Waals surface area contributed by atoms with Crippen molar-refractivity contribution in [2.24, 2.45) is 5.92 Å². The van der Waals surface area contributed by atoms with Crippen molar-refractivity contribution in [3.05, 3.63) is 47.8 Å². The minimum atomic E-state index is -0.350. The first-order chi connectivity index (χ1) is 15.5. The van der Waals surface area contributed by atoms with Gasteiger partial charge in [-0.2, -0.15) is 0 Å². The van der Waals surface area contributed by atoms with Gasteiger partial charge in [0.1, 0.15) is 5.82 Å². The fourth-order valence-electron chi connectivity index (χ4n) is 3.69. The molecule has 0 unspecified atom stereocenters. The number of amides is 3. The standard InChI is InChI=1S/C23H28FN3O5/c1-30-19-9-8-18(20(31-2)21(19)32-3)22(28)25-14-15-10-12-27(13-11-15)23(29)26-17-6-4-16(24)5-7-17/h4-9,15H,10-14H2,1-3H3,(H,25,28)(H,26,29). The number of methoxy groups -OCH3 is 3. The summed E-state index contributed by atoms with van der Waals surface area (Å²) in [6.45, 7) is 1.64. The zero-order valence-electron chi connectivity index (χ0n) is 18.4. The number of hydrogen-bond acceptors (Lipinski definition) is 5. The maximum atomic E-state index is 13.0. The van der Waals surface area contributed by atoms with Gasteiger partial charge in [0.25, 0.3) is 5.91 Å². The minimum absolute atomic E-state index is 0.214. The molecule has 2 N–H and O–H groups in total. The van der Waals surface area contributed by atoms with Gasteiger partial charge < -0.3 is 29.7 Å². The van der Waals surface area contributed by atoms with Gasteiger partial charge in [-0.15, -0.1) is 0 Å². The summed E-state index contributed by atoms with van der Waals surface area (Å²) in [4.78, 5) is 26.9. The molecule has 0 aromatic heterocycles. The van der Waals surface area contributed by atoms with E-state index in [0.717, 1.165) is 12.8 Å². The molecule has 1 aliphatic rings. The molecule has 32 heavy (non-hydrogen) atoms. The van der Waals surface area contributed by atoms with Gasteiger partial charge in [-0.25, -0.2) is 9.18 Å². The van der Waals surface area contributed by atoms with Crippen molar-refractivity contribution in [1.82, 2.24) is 10.2 Å². The number of nitrogens with zero attached hydrogens (tertiary/aromatic N) is 1. The topological polar surface area (TPSA) is 89.1 Å². The van der Waals surface area contributed by atoms with Gasteiger partial charge in [0.2, 0.25) is 5.75 Å². The van der Waals surface area contributed by atoms with E-state index in [4.69, 9.17) is 14.2 Å². The lowest BCUT2D eigenvalue weighted by atomic mass is 9.97. The number of carbonyl (C=O) groups excluding carboxylic acids is 2. The lowest BCUT2D eigenvalue weighted by Crippen LogP contribution is -2.43. The summed E-state index contributed by atoms with van der Waals surface area (Å²) in [6, 6.07) is 8.74.